The Morgan fingerprint density at radius 2 is 1.71 bits per heavy atom. The van der Waals surface area contributed by atoms with Crippen molar-refractivity contribution < 1.29 is 17.9 Å². The average Bonchev–Trinajstić information content (AvgIpc) is 2.77. The van der Waals surface area contributed by atoms with E-state index in [0.29, 0.717) is 36.6 Å². The zero-order valence-electron chi connectivity index (χ0n) is 21.1. The highest BCUT2D eigenvalue weighted by atomic mass is 32.2. The number of nitrogens with one attached hydrogen (secondary N) is 2. The van der Waals surface area contributed by atoms with E-state index < -0.39 is 10.0 Å². The fourth-order valence-corrected chi connectivity index (χ4v) is 5.29. The molecule has 1 fully saturated rings. The second-order valence-corrected chi connectivity index (χ2v) is 12.2. The first-order valence-electron chi connectivity index (χ1n) is 11.6. The molecular formula is C26H37N3O4S. The lowest BCUT2D eigenvalue weighted by molar-refractivity contribution is -0.00923. The van der Waals surface area contributed by atoms with Gasteiger partial charge < -0.3 is 10.1 Å². The van der Waals surface area contributed by atoms with Gasteiger partial charge in [0.25, 0.3) is 15.9 Å². The molecular weight excluding hydrogens is 450 g/mol. The van der Waals surface area contributed by atoms with E-state index in [4.69, 9.17) is 4.74 Å². The minimum Gasteiger partial charge on any atom is -0.379 e. The number of aryl methyl sites for hydroxylation is 1. The third kappa shape index (κ3) is 6.37. The maximum Gasteiger partial charge on any atom is 0.262 e. The van der Waals surface area contributed by atoms with E-state index in [0.717, 1.165) is 18.7 Å². The van der Waals surface area contributed by atoms with Gasteiger partial charge in [-0.05, 0) is 61.6 Å². The Morgan fingerprint density at radius 3 is 2.35 bits per heavy atom. The van der Waals surface area contributed by atoms with Gasteiger partial charge in [-0.15, -0.1) is 0 Å². The Hall–Kier alpha value is -2.42. The van der Waals surface area contributed by atoms with Gasteiger partial charge >= 0.3 is 0 Å². The fraction of sp³-hybridized carbons (Fsp3) is 0.500. The second kappa shape index (κ2) is 10.1. The zero-order valence-corrected chi connectivity index (χ0v) is 21.9. The Morgan fingerprint density at radius 1 is 1.03 bits per heavy atom. The van der Waals surface area contributed by atoms with Crippen molar-refractivity contribution in [1.29, 1.82) is 0 Å². The quantitative estimate of drug-likeness (QED) is 0.618. The topological polar surface area (TPSA) is 87.7 Å². The van der Waals surface area contributed by atoms with E-state index in [9.17, 15) is 13.2 Å². The van der Waals surface area contributed by atoms with Gasteiger partial charge in [0, 0.05) is 36.4 Å². The summed E-state index contributed by atoms with van der Waals surface area (Å²) in [6, 6.07) is 12.1. The van der Waals surface area contributed by atoms with Crippen molar-refractivity contribution in [2.45, 2.75) is 57.4 Å². The fourth-order valence-electron chi connectivity index (χ4n) is 3.97. The third-order valence-corrected chi connectivity index (χ3v) is 7.79. The van der Waals surface area contributed by atoms with Crippen molar-refractivity contribution >= 4 is 21.6 Å². The Balaban J connectivity index is 1.73. The zero-order chi connectivity index (χ0) is 25.1. The third-order valence-electron chi connectivity index (χ3n) is 6.27. The van der Waals surface area contributed by atoms with E-state index in [1.807, 2.05) is 32.9 Å². The van der Waals surface area contributed by atoms with Crippen LogP contribution in [0.25, 0.3) is 0 Å². The number of benzene rings is 2. The van der Waals surface area contributed by atoms with Gasteiger partial charge in [0.1, 0.15) is 0 Å². The summed E-state index contributed by atoms with van der Waals surface area (Å²) in [5.74, 6) is -0.242. The highest BCUT2D eigenvalue weighted by Gasteiger charge is 2.29. The van der Waals surface area contributed by atoms with Gasteiger partial charge in [0.15, 0.2) is 0 Å². The number of rotatable bonds is 7. The summed E-state index contributed by atoms with van der Waals surface area (Å²) in [5.41, 5.74) is 1.96. The van der Waals surface area contributed by atoms with Crippen LogP contribution in [0, 0.1) is 6.92 Å². The number of hydrogen-bond donors (Lipinski definition) is 2. The summed E-state index contributed by atoms with van der Waals surface area (Å²) in [4.78, 5) is 15.4. The first-order chi connectivity index (χ1) is 15.8. The summed E-state index contributed by atoms with van der Waals surface area (Å²) >= 11 is 0. The van der Waals surface area contributed by atoms with Crippen LogP contribution in [0.4, 0.5) is 5.69 Å². The standard InChI is InChI=1S/C26H37N3O4S/c1-19-10-11-21(25(2,3)4)17-23(19)34(31,32)28-22-9-7-8-20(16-22)24(30)27-18-26(5,6)29-12-14-33-15-13-29/h7-11,16-17,28H,12-15,18H2,1-6H3,(H,27,30). The van der Waals surface area contributed by atoms with E-state index in [2.05, 4.69) is 28.8 Å². The van der Waals surface area contributed by atoms with Gasteiger partial charge in [-0.1, -0.05) is 39.0 Å². The van der Waals surface area contributed by atoms with Crippen LogP contribution in [0.1, 0.15) is 56.1 Å². The Labute approximate surface area is 203 Å². The number of sulfonamides is 1. The van der Waals surface area contributed by atoms with Crippen LogP contribution >= 0.6 is 0 Å². The molecule has 2 aromatic rings. The molecule has 0 atom stereocenters. The Bertz CT molecular complexity index is 1130. The maximum absolute atomic E-state index is 13.2. The molecule has 0 bridgehead atoms. The number of ether oxygens (including phenoxy) is 1. The molecule has 2 aromatic carbocycles. The molecule has 2 N–H and O–H groups in total. The molecule has 0 radical (unpaired) electrons. The number of hydrogen-bond acceptors (Lipinski definition) is 5. The lowest BCUT2D eigenvalue weighted by Crippen LogP contribution is -2.55. The molecule has 0 aliphatic carbocycles. The van der Waals surface area contributed by atoms with Gasteiger partial charge in [0.05, 0.1) is 18.1 Å². The molecule has 0 unspecified atom stereocenters. The largest absolute Gasteiger partial charge is 0.379 e. The van der Waals surface area contributed by atoms with Crippen LogP contribution in [0.15, 0.2) is 47.4 Å². The predicted octanol–water partition coefficient (Wildman–Crippen LogP) is 3.93. The highest BCUT2D eigenvalue weighted by molar-refractivity contribution is 7.92. The van der Waals surface area contributed by atoms with E-state index in [-0.39, 0.29) is 21.8 Å². The summed E-state index contributed by atoms with van der Waals surface area (Å²) in [7, 11) is -3.82. The van der Waals surface area contributed by atoms with Gasteiger partial charge in [-0.3, -0.25) is 14.4 Å². The monoisotopic (exact) mass is 487 g/mol. The SMILES string of the molecule is Cc1ccc(C(C)(C)C)cc1S(=O)(=O)Nc1cccc(C(=O)NCC(C)(C)N2CCOCC2)c1. The number of carbonyl (C=O) groups is 1. The number of carbonyl (C=O) groups excluding carboxylic acids is 1. The molecule has 0 spiro atoms. The number of nitrogens with zero attached hydrogens (tertiary/aromatic N) is 1. The molecule has 7 nitrogen and oxygen atoms in total. The average molecular weight is 488 g/mol. The molecule has 1 aliphatic rings. The van der Waals surface area contributed by atoms with E-state index >= 15 is 0 Å². The lowest BCUT2D eigenvalue weighted by Gasteiger charge is -2.40. The molecule has 8 heteroatoms. The van der Waals surface area contributed by atoms with Crippen molar-refractivity contribution in [3.05, 3.63) is 59.2 Å². The van der Waals surface area contributed by atoms with Crippen LogP contribution in [-0.2, 0) is 20.2 Å². The first-order valence-corrected chi connectivity index (χ1v) is 13.1. The van der Waals surface area contributed by atoms with Crippen LogP contribution in [0.2, 0.25) is 0 Å². The van der Waals surface area contributed by atoms with Crippen molar-refractivity contribution in [1.82, 2.24) is 10.2 Å². The molecule has 34 heavy (non-hydrogen) atoms. The first kappa shape index (κ1) is 26.2. The normalized spacial score (nSPS) is 15.7. The van der Waals surface area contributed by atoms with Gasteiger partial charge in [-0.2, -0.15) is 0 Å². The molecule has 1 heterocycles. The summed E-state index contributed by atoms with van der Waals surface area (Å²) in [6.45, 7) is 15.6. The molecule has 0 saturated carbocycles. The minimum absolute atomic E-state index is 0.176. The van der Waals surface area contributed by atoms with Gasteiger partial charge in [0.2, 0.25) is 0 Å². The van der Waals surface area contributed by atoms with Gasteiger partial charge in [-0.25, -0.2) is 8.42 Å². The molecule has 0 aromatic heterocycles. The molecule has 186 valence electrons. The van der Waals surface area contributed by atoms with Crippen molar-refractivity contribution in [3.8, 4) is 0 Å². The number of amides is 1. The minimum atomic E-state index is -3.82. The molecule has 1 saturated heterocycles. The molecule has 1 aliphatic heterocycles. The lowest BCUT2D eigenvalue weighted by atomic mass is 9.87. The van der Waals surface area contributed by atoms with Crippen LogP contribution in [0.3, 0.4) is 0 Å². The molecule has 1 amide bonds. The van der Waals surface area contributed by atoms with Crippen LogP contribution in [-0.4, -0.2) is 57.6 Å². The van der Waals surface area contributed by atoms with Crippen molar-refractivity contribution in [2.24, 2.45) is 0 Å². The maximum atomic E-state index is 13.2. The number of morpholine rings is 1. The van der Waals surface area contributed by atoms with Crippen LogP contribution < -0.4 is 10.0 Å². The number of anilines is 1. The van der Waals surface area contributed by atoms with E-state index in [1.165, 1.54) is 0 Å². The predicted molar refractivity (Wildman–Crippen MR) is 136 cm³/mol. The molecule has 3 rings (SSSR count). The Kier molecular flexibility index (Phi) is 7.75. The second-order valence-electron chi connectivity index (χ2n) is 10.5. The summed E-state index contributed by atoms with van der Waals surface area (Å²) in [5, 5.41) is 2.99. The van der Waals surface area contributed by atoms with Crippen molar-refractivity contribution in [2.75, 3.05) is 37.6 Å². The van der Waals surface area contributed by atoms with E-state index in [1.54, 1.807) is 37.3 Å². The van der Waals surface area contributed by atoms with Crippen molar-refractivity contribution in [3.63, 3.8) is 0 Å². The summed E-state index contributed by atoms with van der Waals surface area (Å²) < 4.78 is 34.4. The smallest absolute Gasteiger partial charge is 0.262 e. The highest BCUT2D eigenvalue weighted by Crippen LogP contribution is 2.28. The van der Waals surface area contributed by atoms with Crippen LogP contribution in [0.5, 0.6) is 0 Å². The summed E-state index contributed by atoms with van der Waals surface area (Å²) in [6.07, 6.45) is 0.